The summed E-state index contributed by atoms with van der Waals surface area (Å²) >= 11 is 12.8. The summed E-state index contributed by atoms with van der Waals surface area (Å²) in [6.45, 7) is 0. The second-order valence-electron chi connectivity index (χ2n) is 8.64. The number of hydrogen-bond acceptors (Lipinski definition) is 8. The van der Waals surface area contributed by atoms with Crippen LogP contribution in [-0.4, -0.2) is 54.5 Å². The van der Waals surface area contributed by atoms with Crippen molar-refractivity contribution in [3.63, 3.8) is 0 Å². The summed E-state index contributed by atoms with van der Waals surface area (Å²) in [7, 11) is 8.81. The lowest BCUT2D eigenvalue weighted by molar-refractivity contribution is -0.137. The quantitative estimate of drug-likeness (QED) is 0.316. The fourth-order valence-corrected chi connectivity index (χ4v) is 5.15. The lowest BCUT2D eigenvalue weighted by Crippen LogP contribution is -2.67. The van der Waals surface area contributed by atoms with Crippen LogP contribution in [0.2, 0.25) is 10.0 Å². The van der Waals surface area contributed by atoms with Gasteiger partial charge in [0.05, 0.1) is 70.5 Å². The van der Waals surface area contributed by atoms with Gasteiger partial charge < -0.3 is 33.7 Å². The molecule has 0 radical (unpaired) electrons. The molecule has 12 heteroatoms. The third-order valence-corrected chi connectivity index (χ3v) is 7.28. The Balaban J connectivity index is 1.92. The number of rotatable bonds is 10. The predicted octanol–water partition coefficient (Wildman–Crippen LogP) is 5.32. The number of anilines is 2. The highest BCUT2D eigenvalue weighted by Crippen LogP contribution is 2.52. The molecule has 1 saturated heterocycles. The summed E-state index contributed by atoms with van der Waals surface area (Å²) in [6, 6.07) is 11.1. The maximum absolute atomic E-state index is 14.3. The molecule has 1 N–H and O–H groups in total. The molecule has 0 bridgehead atoms. The van der Waals surface area contributed by atoms with E-state index in [-0.39, 0.29) is 39.5 Å². The number of β-lactam (4-membered cyclic amide) rings is 1. The summed E-state index contributed by atoms with van der Waals surface area (Å²) in [5.41, 5.74) is -0.555. The summed E-state index contributed by atoms with van der Waals surface area (Å²) < 4.78 is 32.5. The molecular formula is C28H28Cl2N2O8. The molecule has 2 amide bonds. The molecule has 1 fully saturated rings. The van der Waals surface area contributed by atoms with Crippen molar-refractivity contribution in [3.8, 4) is 34.5 Å². The minimum absolute atomic E-state index is 0.173. The fraction of sp³-hybridized carbons (Fsp3) is 0.286. The first-order valence-electron chi connectivity index (χ1n) is 11.9. The summed E-state index contributed by atoms with van der Waals surface area (Å²) in [4.78, 5) is 29.0. The largest absolute Gasteiger partial charge is 0.495 e. The van der Waals surface area contributed by atoms with Crippen molar-refractivity contribution < 1.29 is 38.0 Å². The molecule has 0 aliphatic carbocycles. The van der Waals surface area contributed by atoms with E-state index in [2.05, 4.69) is 5.32 Å². The number of benzene rings is 3. The van der Waals surface area contributed by atoms with Gasteiger partial charge >= 0.3 is 0 Å². The van der Waals surface area contributed by atoms with E-state index in [1.165, 1.54) is 59.7 Å². The van der Waals surface area contributed by atoms with Crippen molar-refractivity contribution in [1.82, 2.24) is 0 Å². The Kier molecular flexibility index (Phi) is 8.41. The molecule has 4 rings (SSSR count). The molecule has 40 heavy (non-hydrogen) atoms. The summed E-state index contributed by atoms with van der Waals surface area (Å²) in [6.07, 6.45) is -0.173. The van der Waals surface area contributed by atoms with Crippen LogP contribution in [0.4, 0.5) is 11.4 Å². The van der Waals surface area contributed by atoms with Gasteiger partial charge in [0.1, 0.15) is 23.0 Å². The van der Waals surface area contributed by atoms with Gasteiger partial charge in [0.15, 0.2) is 17.0 Å². The Hall–Kier alpha value is -4.02. The Morgan fingerprint density at radius 2 is 1.27 bits per heavy atom. The van der Waals surface area contributed by atoms with E-state index < -0.39 is 11.4 Å². The van der Waals surface area contributed by atoms with Crippen LogP contribution in [0.1, 0.15) is 12.0 Å². The van der Waals surface area contributed by atoms with Crippen molar-refractivity contribution in [2.24, 2.45) is 0 Å². The van der Waals surface area contributed by atoms with Crippen molar-refractivity contribution in [2.75, 3.05) is 52.9 Å². The van der Waals surface area contributed by atoms with Gasteiger partial charge in [-0.3, -0.25) is 14.5 Å². The molecule has 1 aliphatic heterocycles. The van der Waals surface area contributed by atoms with Crippen molar-refractivity contribution in [1.29, 1.82) is 0 Å². The summed E-state index contributed by atoms with van der Waals surface area (Å²) in [5.74, 6) is 1.22. The Labute approximate surface area is 241 Å². The third-order valence-electron chi connectivity index (χ3n) is 6.69. The molecule has 10 nitrogen and oxygen atoms in total. The van der Waals surface area contributed by atoms with Crippen LogP contribution in [0.15, 0.2) is 42.5 Å². The first-order valence-corrected chi connectivity index (χ1v) is 12.6. The average Bonchev–Trinajstić information content (AvgIpc) is 2.95. The molecule has 0 saturated carbocycles. The highest BCUT2D eigenvalue weighted by atomic mass is 35.5. The molecular weight excluding hydrogens is 563 g/mol. The molecule has 0 aromatic heterocycles. The molecule has 1 aliphatic rings. The predicted molar refractivity (Wildman–Crippen MR) is 151 cm³/mol. The highest BCUT2D eigenvalue weighted by molar-refractivity contribution is 6.33. The van der Waals surface area contributed by atoms with Crippen molar-refractivity contribution in [3.05, 3.63) is 58.1 Å². The normalized spacial score (nSPS) is 16.1. The van der Waals surface area contributed by atoms with E-state index in [1.54, 1.807) is 30.3 Å². The zero-order chi connectivity index (χ0) is 29.2. The van der Waals surface area contributed by atoms with Gasteiger partial charge in [-0.15, -0.1) is 0 Å². The van der Waals surface area contributed by atoms with Crippen LogP contribution in [0, 0.1) is 0 Å². The lowest BCUT2D eigenvalue weighted by Gasteiger charge is -2.51. The van der Waals surface area contributed by atoms with Crippen LogP contribution in [0.5, 0.6) is 34.5 Å². The van der Waals surface area contributed by atoms with Gasteiger partial charge in [0.2, 0.25) is 5.91 Å². The first-order chi connectivity index (χ1) is 19.2. The van der Waals surface area contributed by atoms with Crippen molar-refractivity contribution in [2.45, 2.75) is 12.0 Å². The molecule has 1 atom stereocenters. The van der Waals surface area contributed by atoms with E-state index in [0.29, 0.717) is 34.3 Å². The second-order valence-corrected chi connectivity index (χ2v) is 9.45. The Morgan fingerprint density at radius 1 is 0.725 bits per heavy atom. The average molecular weight is 591 g/mol. The molecule has 3 aromatic rings. The van der Waals surface area contributed by atoms with Gasteiger partial charge in [-0.25, -0.2) is 0 Å². The van der Waals surface area contributed by atoms with Crippen LogP contribution < -0.4 is 38.6 Å². The standard InChI is InChI=1S/C28H28Cl2N2O8/c1-35-20-8-7-15(9-25(20)40-6)28(27(34)31-18-10-16(29)21(36-2)12-23(18)38-4)14-26(33)32(28)19-11-17(30)22(37-3)13-24(19)39-5/h7-13H,14H2,1-6H3,(H,31,34). The van der Waals surface area contributed by atoms with Gasteiger partial charge in [-0.05, 0) is 29.8 Å². The number of halogens is 2. The van der Waals surface area contributed by atoms with Crippen LogP contribution in [-0.2, 0) is 15.1 Å². The smallest absolute Gasteiger partial charge is 0.256 e. The first kappa shape index (κ1) is 29.0. The number of nitrogens with zero attached hydrogens (tertiary/aromatic N) is 1. The van der Waals surface area contributed by atoms with E-state index in [1.807, 2.05) is 0 Å². The van der Waals surface area contributed by atoms with Crippen LogP contribution >= 0.6 is 23.2 Å². The number of methoxy groups -OCH3 is 6. The second kappa shape index (κ2) is 11.6. The SMILES string of the molecule is COc1cc(OC)c(NC(=O)C2(c3ccc(OC)c(OC)c3)CC(=O)N2c2cc(Cl)c(OC)cc2OC)cc1Cl. The molecule has 0 spiro atoms. The molecule has 1 heterocycles. The molecule has 212 valence electrons. The minimum atomic E-state index is -1.56. The number of amides is 2. The van der Waals surface area contributed by atoms with Gasteiger partial charge in [0.25, 0.3) is 5.91 Å². The number of hydrogen-bond donors (Lipinski definition) is 1. The van der Waals surface area contributed by atoms with E-state index in [9.17, 15) is 9.59 Å². The number of carbonyl (C=O) groups is 2. The number of ether oxygens (including phenoxy) is 6. The number of nitrogens with one attached hydrogen (secondary N) is 1. The van der Waals surface area contributed by atoms with Gasteiger partial charge in [-0.1, -0.05) is 29.3 Å². The third kappa shape index (κ3) is 4.77. The maximum atomic E-state index is 14.3. The highest BCUT2D eigenvalue weighted by Gasteiger charge is 2.59. The summed E-state index contributed by atoms with van der Waals surface area (Å²) in [5, 5.41) is 3.37. The van der Waals surface area contributed by atoms with Gasteiger partial charge in [0, 0.05) is 12.1 Å². The molecule has 3 aromatic carbocycles. The molecule has 1 unspecified atom stereocenters. The van der Waals surface area contributed by atoms with Crippen LogP contribution in [0.3, 0.4) is 0 Å². The Bertz CT molecular complexity index is 1460. The minimum Gasteiger partial charge on any atom is -0.495 e. The monoisotopic (exact) mass is 590 g/mol. The topological polar surface area (TPSA) is 105 Å². The van der Waals surface area contributed by atoms with E-state index in [0.717, 1.165) is 0 Å². The lowest BCUT2D eigenvalue weighted by atomic mass is 9.75. The van der Waals surface area contributed by atoms with E-state index in [4.69, 9.17) is 51.6 Å². The van der Waals surface area contributed by atoms with E-state index >= 15 is 0 Å². The van der Waals surface area contributed by atoms with Crippen molar-refractivity contribution >= 4 is 46.4 Å². The zero-order valence-electron chi connectivity index (χ0n) is 22.7. The maximum Gasteiger partial charge on any atom is 0.256 e. The van der Waals surface area contributed by atoms with Crippen LogP contribution in [0.25, 0.3) is 0 Å². The fourth-order valence-electron chi connectivity index (χ4n) is 4.68. The Morgan fingerprint density at radius 3 is 1.82 bits per heavy atom. The zero-order valence-corrected chi connectivity index (χ0v) is 24.2. The van der Waals surface area contributed by atoms with Gasteiger partial charge in [-0.2, -0.15) is 0 Å². The number of carbonyl (C=O) groups excluding carboxylic acids is 2.